The van der Waals surface area contributed by atoms with Gasteiger partial charge in [0.05, 0.1) is 0 Å². The topological polar surface area (TPSA) is 0 Å². The molecule has 0 nitrogen and oxygen atoms in total. The normalized spacial score (nSPS) is 12.1. The molecule has 0 aliphatic rings. The van der Waals surface area contributed by atoms with E-state index in [2.05, 4.69) is 37.9 Å². The third-order valence-electron chi connectivity index (χ3n) is 0.535. The van der Waals surface area contributed by atoms with Crippen molar-refractivity contribution in [1.29, 1.82) is 0 Å². The number of hydrogen-bond donors (Lipinski definition) is 0. The van der Waals surface area contributed by atoms with Gasteiger partial charge in [-0.25, -0.2) is 0 Å². The van der Waals surface area contributed by atoms with Crippen molar-refractivity contribution in [2.24, 2.45) is 0 Å². The van der Waals surface area contributed by atoms with Crippen LogP contribution >= 0.6 is 31.9 Å². The van der Waals surface area contributed by atoms with E-state index < -0.39 is 0 Å². The summed E-state index contributed by atoms with van der Waals surface area (Å²) in [7, 11) is 0. The molecular weight excluding hydrogens is 220 g/mol. The van der Waals surface area contributed by atoms with Gasteiger partial charge >= 0.3 is 0 Å². The highest BCUT2D eigenvalue weighted by Gasteiger charge is 1.76. The zero-order chi connectivity index (χ0) is 5.70. The molecule has 0 N–H and O–H groups in total. The largest absolute Gasteiger partial charge is 0.0925 e. The molecule has 0 aromatic rings. The van der Waals surface area contributed by atoms with Gasteiger partial charge in [0.1, 0.15) is 0 Å². The number of hydrogen-bond acceptors (Lipinski definition) is 0. The van der Waals surface area contributed by atoms with Crippen molar-refractivity contribution in [1.82, 2.24) is 0 Å². The van der Waals surface area contributed by atoms with Crippen molar-refractivity contribution < 1.29 is 0 Å². The van der Waals surface area contributed by atoms with Crippen LogP contribution in [0, 0.1) is 0 Å². The molecule has 0 aromatic carbocycles. The van der Waals surface area contributed by atoms with Crippen molar-refractivity contribution in [3.8, 4) is 0 Å². The van der Waals surface area contributed by atoms with Crippen LogP contribution in [-0.2, 0) is 0 Å². The Morgan fingerprint density at radius 2 is 2.29 bits per heavy atom. The molecule has 0 rings (SSSR count). The van der Waals surface area contributed by atoms with Crippen molar-refractivity contribution in [3.05, 3.63) is 10.6 Å². The monoisotopic (exact) mass is 226 g/mol. The maximum absolute atomic E-state index is 3.32. The van der Waals surface area contributed by atoms with E-state index >= 15 is 0 Å². The number of allylic oxidation sites excluding steroid dienone is 2. The first-order valence-corrected chi connectivity index (χ1v) is 4.07. The second-order valence-corrected chi connectivity index (χ2v) is 3.31. The average Bonchev–Trinajstić information content (AvgIpc) is 1.61. The van der Waals surface area contributed by atoms with Crippen LogP contribution in [0.5, 0.6) is 0 Å². The lowest BCUT2D eigenvalue weighted by Crippen LogP contribution is -1.64. The Morgan fingerprint density at radius 1 is 1.71 bits per heavy atom. The highest BCUT2D eigenvalue weighted by molar-refractivity contribution is 9.11. The molecule has 0 saturated carbocycles. The Balaban J connectivity index is 3.08. The van der Waals surface area contributed by atoms with Crippen LogP contribution in [0.4, 0.5) is 0 Å². The highest BCUT2D eigenvalue weighted by Crippen LogP contribution is 2.03. The molecule has 0 unspecified atom stereocenters. The van der Waals surface area contributed by atoms with Gasteiger partial charge in [0.2, 0.25) is 0 Å². The van der Waals surface area contributed by atoms with E-state index in [-0.39, 0.29) is 0 Å². The summed E-state index contributed by atoms with van der Waals surface area (Å²) >= 11 is 6.63. The molecule has 0 heterocycles. The van der Waals surface area contributed by atoms with Crippen LogP contribution in [0.1, 0.15) is 13.3 Å². The molecule has 0 saturated heterocycles. The van der Waals surface area contributed by atoms with Crippen molar-refractivity contribution >= 4 is 31.9 Å². The average molecular weight is 228 g/mol. The summed E-state index contributed by atoms with van der Waals surface area (Å²) in [5, 5.41) is 1.05. The van der Waals surface area contributed by atoms with Crippen molar-refractivity contribution in [2.45, 2.75) is 13.3 Å². The fraction of sp³-hybridized carbons (Fsp3) is 0.600. The minimum absolute atomic E-state index is 1.05. The summed E-state index contributed by atoms with van der Waals surface area (Å²) in [6, 6.07) is 0. The molecule has 0 bridgehead atoms. The summed E-state index contributed by atoms with van der Waals surface area (Å²) in [6.45, 7) is 2.03. The smallest absolute Gasteiger partial charge is 0.00662 e. The SMILES string of the molecule is CC(Br)=CCCBr. The number of rotatable bonds is 2. The first-order valence-electron chi connectivity index (χ1n) is 2.15. The third-order valence-corrected chi connectivity index (χ3v) is 1.32. The summed E-state index contributed by atoms with van der Waals surface area (Å²) in [5.41, 5.74) is 0. The zero-order valence-corrected chi connectivity index (χ0v) is 7.42. The Morgan fingerprint density at radius 3 is 2.43 bits per heavy atom. The van der Waals surface area contributed by atoms with Crippen LogP contribution in [-0.4, -0.2) is 5.33 Å². The maximum Gasteiger partial charge on any atom is 0.00662 e. The van der Waals surface area contributed by atoms with Crippen LogP contribution in [0.25, 0.3) is 0 Å². The third kappa shape index (κ3) is 6.70. The number of alkyl halides is 1. The van der Waals surface area contributed by atoms with Gasteiger partial charge in [-0.1, -0.05) is 37.9 Å². The van der Waals surface area contributed by atoms with E-state index in [9.17, 15) is 0 Å². The van der Waals surface area contributed by atoms with E-state index in [1.807, 2.05) is 6.92 Å². The second-order valence-electron chi connectivity index (χ2n) is 1.27. The molecule has 0 amide bonds. The summed E-state index contributed by atoms with van der Waals surface area (Å²) in [5.74, 6) is 0. The predicted molar refractivity (Wildman–Crippen MR) is 41.1 cm³/mol. The molecule has 0 aromatic heterocycles. The molecule has 0 aliphatic carbocycles. The molecule has 0 spiro atoms. The molecular formula is C5H8Br2. The molecule has 0 atom stereocenters. The van der Waals surface area contributed by atoms with E-state index in [1.54, 1.807) is 0 Å². The van der Waals surface area contributed by atoms with E-state index in [0.717, 1.165) is 11.8 Å². The number of halogens is 2. The van der Waals surface area contributed by atoms with Gasteiger partial charge in [-0.05, 0) is 17.8 Å². The fourth-order valence-electron chi connectivity index (χ4n) is 0.253. The quantitative estimate of drug-likeness (QED) is 0.637. The lowest BCUT2D eigenvalue weighted by Gasteiger charge is -1.82. The van der Waals surface area contributed by atoms with Crippen LogP contribution in [0.3, 0.4) is 0 Å². The van der Waals surface area contributed by atoms with Gasteiger partial charge in [0, 0.05) is 5.33 Å². The van der Waals surface area contributed by atoms with Crippen molar-refractivity contribution in [3.63, 3.8) is 0 Å². The predicted octanol–water partition coefficient (Wildman–Crippen LogP) is 3.07. The lowest BCUT2D eigenvalue weighted by molar-refractivity contribution is 1.25. The standard InChI is InChI=1S/C5H8Br2/c1-5(7)3-2-4-6/h3H,2,4H2,1H3. The van der Waals surface area contributed by atoms with Gasteiger partial charge in [-0.3, -0.25) is 0 Å². The second kappa shape index (κ2) is 4.85. The fourth-order valence-corrected chi connectivity index (χ4v) is 0.711. The van der Waals surface area contributed by atoms with E-state index in [4.69, 9.17) is 0 Å². The summed E-state index contributed by atoms with van der Waals surface area (Å²) in [4.78, 5) is 0. The van der Waals surface area contributed by atoms with Crippen LogP contribution < -0.4 is 0 Å². The van der Waals surface area contributed by atoms with Crippen LogP contribution in [0.2, 0.25) is 0 Å². The van der Waals surface area contributed by atoms with Gasteiger partial charge in [-0.2, -0.15) is 0 Å². The first-order chi connectivity index (χ1) is 3.27. The van der Waals surface area contributed by atoms with Gasteiger partial charge in [0.15, 0.2) is 0 Å². The van der Waals surface area contributed by atoms with Gasteiger partial charge in [-0.15, -0.1) is 0 Å². The molecule has 7 heavy (non-hydrogen) atoms. The minimum Gasteiger partial charge on any atom is -0.0925 e. The van der Waals surface area contributed by atoms with Gasteiger partial charge in [0.25, 0.3) is 0 Å². The summed E-state index contributed by atoms with van der Waals surface area (Å²) < 4.78 is 1.21. The Bertz CT molecular complexity index is 62.5. The first kappa shape index (κ1) is 7.70. The maximum atomic E-state index is 3.32. The molecule has 2 heteroatoms. The van der Waals surface area contributed by atoms with Gasteiger partial charge < -0.3 is 0 Å². The Hall–Kier alpha value is 0.700. The van der Waals surface area contributed by atoms with Crippen molar-refractivity contribution in [2.75, 3.05) is 5.33 Å². The minimum atomic E-state index is 1.05. The Kier molecular flexibility index (Phi) is 5.33. The van der Waals surface area contributed by atoms with E-state index in [1.165, 1.54) is 4.48 Å². The molecule has 0 fully saturated rings. The lowest BCUT2D eigenvalue weighted by atomic mass is 10.4. The highest BCUT2D eigenvalue weighted by atomic mass is 79.9. The van der Waals surface area contributed by atoms with Crippen LogP contribution in [0.15, 0.2) is 10.6 Å². The molecule has 0 radical (unpaired) electrons. The molecule has 42 valence electrons. The molecule has 0 aliphatic heterocycles. The summed E-state index contributed by atoms with van der Waals surface area (Å²) in [6.07, 6.45) is 3.24. The van der Waals surface area contributed by atoms with E-state index in [0.29, 0.717) is 0 Å². The zero-order valence-electron chi connectivity index (χ0n) is 4.25. The Labute approximate surface area is 61.2 Å².